The van der Waals surface area contributed by atoms with E-state index < -0.39 is 15.8 Å². The van der Waals surface area contributed by atoms with Crippen LogP contribution in [0.5, 0.6) is 0 Å². The summed E-state index contributed by atoms with van der Waals surface area (Å²) in [5.41, 5.74) is 6.41. The predicted octanol–water partition coefficient (Wildman–Crippen LogP) is 0.312. The van der Waals surface area contributed by atoms with Crippen LogP contribution in [0.1, 0.15) is 11.5 Å². The molecule has 0 radical (unpaired) electrons. The summed E-state index contributed by atoms with van der Waals surface area (Å²) in [4.78, 5) is 11.9. The molecule has 1 rings (SSSR count). The zero-order valence-corrected chi connectivity index (χ0v) is 12.3. The minimum atomic E-state index is -3.06. The van der Waals surface area contributed by atoms with Gasteiger partial charge in [0.15, 0.2) is 0 Å². The van der Waals surface area contributed by atoms with E-state index in [1.54, 1.807) is 0 Å². The van der Waals surface area contributed by atoms with Gasteiger partial charge >= 0.3 is 0 Å². The smallest absolute Gasteiger partial charge is 0.228 e. The molecule has 5 nitrogen and oxygen atoms in total. The molecule has 0 fully saturated rings. The Hall–Kier alpha value is -1.11. The van der Waals surface area contributed by atoms with E-state index in [1.807, 2.05) is 30.3 Å². The van der Waals surface area contributed by atoms with Crippen LogP contribution in [0.2, 0.25) is 0 Å². The monoisotopic (exact) mass is 306 g/mol. The molecule has 0 bridgehead atoms. The van der Waals surface area contributed by atoms with Gasteiger partial charge in [-0.3, -0.25) is 4.79 Å². The molecule has 0 aliphatic rings. The van der Waals surface area contributed by atoms with E-state index in [-0.39, 0.29) is 37.2 Å². The van der Waals surface area contributed by atoms with Gasteiger partial charge in [0.05, 0.1) is 11.7 Å². The van der Waals surface area contributed by atoms with Crippen molar-refractivity contribution in [3.05, 3.63) is 35.9 Å². The summed E-state index contributed by atoms with van der Waals surface area (Å²) in [5.74, 6) is -0.747. The number of amides is 1. The van der Waals surface area contributed by atoms with Crippen LogP contribution in [0, 0.1) is 0 Å². The van der Waals surface area contributed by atoms with Gasteiger partial charge in [-0.1, -0.05) is 30.3 Å². The van der Waals surface area contributed by atoms with Gasteiger partial charge in [0.2, 0.25) is 5.91 Å². The van der Waals surface area contributed by atoms with Crippen molar-refractivity contribution < 1.29 is 13.2 Å². The van der Waals surface area contributed by atoms with E-state index in [1.165, 1.54) is 0 Å². The fourth-order valence-electron chi connectivity index (χ4n) is 1.56. The first-order valence-electron chi connectivity index (χ1n) is 5.64. The minimum Gasteiger partial charge on any atom is -0.355 e. The Morgan fingerprint density at radius 1 is 1.32 bits per heavy atom. The number of carbonyl (C=O) groups is 1. The van der Waals surface area contributed by atoms with E-state index in [4.69, 9.17) is 5.73 Å². The van der Waals surface area contributed by atoms with Gasteiger partial charge in [0.1, 0.15) is 9.84 Å². The zero-order chi connectivity index (χ0) is 13.6. The van der Waals surface area contributed by atoms with E-state index in [9.17, 15) is 13.2 Å². The number of halogens is 1. The third-order valence-electron chi connectivity index (χ3n) is 2.53. The van der Waals surface area contributed by atoms with Crippen molar-refractivity contribution in [1.29, 1.82) is 0 Å². The molecule has 0 heterocycles. The fourth-order valence-corrected chi connectivity index (χ4v) is 2.04. The largest absolute Gasteiger partial charge is 0.355 e. The van der Waals surface area contributed by atoms with Crippen molar-refractivity contribution in [3.8, 4) is 0 Å². The first kappa shape index (κ1) is 17.9. The maximum absolute atomic E-state index is 11.9. The number of hydrogen-bond donors (Lipinski definition) is 2. The molecule has 0 saturated heterocycles. The third-order valence-corrected chi connectivity index (χ3v) is 3.47. The number of carbonyl (C=O) groups excluding carboxylic acids is 1. The summed E-state index contributed by atoms with van der Waals surface area (Å²) in [5, 5.41) is 2.59. The maximum Gasteiger partial charge on any atom is 0.228 e. The molecule has 0 saturated carbocycles. The topological polar surface area (TPSA) is 89.3 Å². The summed E-state index contributed by atoms with van der Waals surface area (Å²) < 4.78 is 21.9. The average molecular weight is 307 g/mol. The van der Waals surface area contributed by atoms with Crippen LogP contribution in [-0.4, -0.2) is 39.4 Å². The highest BCUT2D eigenvalue weighted by Crippen LogP contribution is 2.13. The molecule has 0 spiro atoms. The van der Waals surface area contributed by atoms with E-state index >= 15 is 0 Å². The Bertz CT molecular complexity index is 491. The van der Waals surface area contributed by atoms with Crippen molar-refractivity contribution >= 4 is 28.2 Å². The van der Waals surface area contributed by atoms with Crippen molar-refractivity contribution in [3.63, 3.8) is 0 Å². The lowest BCUT2D eigenvalue weighted by atomic mass is 9.98. The summed E-state index contributed by atoms with van der Waals surface area (Å²) in [6.07, 6.45) is 1.14. The standard InChI is InChI=1S/C12H18N2O3S.ClH/c1-18(16,17)8-7-14-12(15)11(9-13)10-5-3-2-4-6-10;/h2-6,11H,7-9,13H2,1H3,(H,14,15);1H. The highest BCUT2D eigenvalue weighted by Gasteiger charge is 2.18. The molecule has 1 amide bonds. The molecule has 0 aliphatic heterocycles. The normalized spacial score (nSPS) is 12.3. The summed E-state index contributed by atoms with van der Waals surface area (Å²) in [6.45, 7) is 0.301. The molecule has 1 atom stereocenters. The quantitative estimate of drug-likeness (QED) is 0.791. The summed E-state index contributed by atoms with van der Waals surface area (Å²) >= 11 is 0. The molecule has 7 heteroatoms. The predicted molar refractivity (Wildman–Crippen MR) is 78.2 cm³/mol. The Labute approximate surface area is 119 Å². The zero-order valence-electron chi connectivity index (χ0n) is 10.7. The number of hydrogen-bond acceptors (Lipinski definition) is 4. The van der Waals surface area contributed by atoms with Crippen molar-refractivity contribution in [1.82, 2.24) is 5.32 Å². The first-order valence-corrected chi connectivity index (χ1v) is 7.70. The molecule has 0 aliphatic carbocycles. The van der Waals surface area contributed by atoms with E-state index in [0.717, 1.165) is 11.8 Å². The third kappa shape index (κ3) is 6.56. The average Bonchev–Trinajstić information content (AvgIpc) is 2.29. The molecule has 19 heavy (non-hydrogen) atoms. The minimum absolute atomic E-state index is 0. The van der Waals surface area contributed by atoms with Crippen LogP contribution in [0.15, 0.2) is 30.3 Å². The lowest BCUT2D eigenvalue weighted by Gasteiger charge is -2.14. The second kappa shape index (κ2) is 8.14. The SMILES string of the molecule is CS(=O)(=O)CCNC(=O)C(CN)c1ccccc1.Cl. The van der Waals surface area contributed by atoms with Crippen LogP contribution < -0.4 is 11.1 Å². The lowest BCUT2D eigenvalue weighted by molar-refractivity contribution is -0.122. The Morgan fingerprint density at radius 2 is 1.89 bits per heavy atom. The van der Waals surface area contributed by atoms with Gasteiger partial charge < -0.3 is 11.1 Å². The van der Waals surface area contributed by atoms with Crippen LogP contribution in [0.4, 0.5) is 0 Å². The van der Waals surface area contributed by atoms with Crippen LogP contribution in [0.25, 0.3) is 0 Å². The Balaban J connectivity index is 0.00000324. The highest BCUT2D eigenvalue weighted by molar-refractivity contribution is 7.90. The van der Waals surface area contributed by atoms with Crippen LogP contribution in [-0.2, 0) is 14.6 Å². The molecule has 108 valence electrons. The van der Waals surface area contributed by atoms with Crippen LogP contribution >= 0.6 is 12.4 Å². The lowest BCUT2D eigenvalue weighted by Crippen LogP contribution is -2.36. The van der Waals surface area contributed by atoms with Gasteiger partial charge in [-0.2, -0.15) is 0 Å². The maximum atomic E-state index is 11.9. The molecule has 1 aromatic rings. The molecular formula is C12H19ClN2O3S. The summed E-state index contributed by atoms with van der Waals surface area (Å²) in [6, 6.07) is 9.18. The fraction of sp³-hybridized carbons (Fsp3) is 0.417. The summed E-state index contributed by atoms with van der Waals surface area (Å²) in [7, 11) is -3.06. The van der Waals surface area contributed by atoms with Crippen molar-refractivity contribution in [2.45, 2.75) is 5.92 Å². The van der Waals surface area contributed by atoms with Gasteiger partial charge in [-0.15, -0.1) is 12.4 Å². The molecular weight excluding hydrogens is 288 g/mol. The van der Waals surface area contributed by atoms with Crippen LogP contribution in [0.3, 0.4) is 0 Å². The molecule has 0 aromatic heterocycles. The number of benzene rings is 1. The van der Waals surface area contributed by atoms with Gasteiger partial charge in [0.25, 0.3) is 0 Å². The molecule has 1 unspecified atom stereocenters. The van der Waals surface area contributed by atoms with Gasteiger partial charge in [-0.25, -0.2) is 8.42 Å². The number of rotatable bonds is 6. The van der Waals surface area contributed by atoms with Gasteiger partial charge in [-0.05, 0) is 5.56 Å². The highest BCUT2D eigenvalue weighted by atomic mass is 35.5. The first-order chi connectivity index (χ1) is 8.44. The van der Waals surface area contributed by atoms with E-state index in [2.05, 4.69) is 5.32 Å². The van der Waals surface area contributed by atoms with Crippen molar-refractivity contribution in [2.24, 2.45) is 5.73 Å². The Kier molecular flexibility index (Phi) is 7.66. The number of nitrogens with one attached hydrogen (secondary N) is 1. The second-order valence-corrected chi connectivity index (χ2v) is 6.38. The van der Waals surface area contributed by atoms with E-state index in [0.29, 0.717) is 0 Å². The number of sulfone groups is 1. The molecule has 3 N–H and O–H groups in total. The number of nitrogens with two attached hydrogens (primary N) is 1. The Morgan fingerprint density at radius 3 is 2.37 bits per heavy atom. The van der Waals surface area contributed by atoms with Gasteiger partial charge in [0, 0.05) is 19.3 Å². The second-order valence-electron chi connectivity index (χ2n) is 4.12. The van der Waals surface area contributed by atoms with Crippen molar-refractivity contribution in [2.75, 3.05) is 25.1 Å². The molecule has 1 aromatic carbocycles.